The van der Waals surface area contributed by atoms with Crippen LogP contribution in [0.5, 0.6) is 0 Å². The summed E-state index contributed by atoms with van der Waals surface area (Å²) in [6.45, 7) is 0. The molecule has 1 atom stereocenters. The van der Waals surface area contributed by atoms with Crippen molar-refractivity contribution in [1.82, 2.24) is 10.3 Å². The number of alkyl halides is 3. The molecule has 0 radical (unpaired) electrons. The van der Waals surface area contributed by atoms with Crippen LogP contribution < -0.4 is 10.6 Å². The minimum atomic E-state index is -4.56. The summed E-state index contributed by atoms with van der Waals surface area (Å²) in [5, 5.41) is 4.88. The molecule has 1 aliphatic rings. The number of carbonyl (C=O) groups is 2. The number of carbonyl (C=O) groups excluding carboxylic acids is 2. The molecule has 8 heteroatoms. The average Bonchev–Trinajstić information content (AvgIpc) is 2.97. The molecule has 2 amide bonds. The van der Waals surface area contributed by atoms with Crippen LogP contribution in [0.15, 0.2) is 42.6 Å². The van der Waals surface area contributed by atoms with Gasteiger partial charge in [-0.1, -0.05) is 24.3 Å². The zero-order chi connectivity index (χ0) is 18.0. The fourth-order valence-electron chi connectivity index (χ4n) is 2.75. The number of amides is 2. The summed E-state index contributed by atoms with van der Waals surface area (Å²) in [5.74, 6) is -1.80. The van der Waals surface area contributed by atoms with E-state index in [0.717, 1.165) is 35.9 Å². The lowest BCUT2D eigenvalue weighted by atomic mass is 10.1. The van der Waals surface area contributed by atoms with Crippen LogP contribution >= 0.6 is 0 Å². The number of nitrogens with one attached hydrogen (secondary N) is 2. The van der Waals surface area contributed by atoms with E-state index >= 15 is 0 Å². The molecule has 0 fully saturated rings. The summed E-state index contributed by atoms with van der Waals surface area (Å²) in [6.07, 6.45) is -2.19. The summed E-state index contributed by atoms with van der Waals surface area (Å²) in [7, 11) is 0. The number of hydrogen-bond acceptors (Lipinski definition) is 3. The molecular formula is C17H14F3N3O2. The largest absolute Gasteiger partial charge is 0.433 e. The number of aryl methyl sites for hydroxylation is 1. The molecule has 1 aromatic carbocycles. The fraction of sp³-hybridized carbons (Fsp3) is 0.235. The van der Waals surface area contributed by atoms with Gasteiger partial charge in [-0.25, -0.2) is 4.98 Å². The molecule has 1 aromatic heterocycles. The number of anilines is 1. The van der Waals surface area contributed by atoms with Crippen LogP contribution in [0.4, 0.5) is 18.9 Å². The van der Waals surface area contributed by atoms with Crippen LogP contribution in [0.3, 0.4) is 0 Å². The lowest BCUT2D eigenvalue weighted by Gasteiger charge is -2.14. The molecule has 130 valence electrons. The molecule has 1 aliphatic carbocycles. The Morgan fingerprint density at radius 3 is 2.52 bits per heavy atom. The quantitative estimate of drug-likeness (QED) is 0.819. The van der Waals surface area contributed by atoms with Gasteiger partial charge in [-0.15, -0.1) is 0 Å². The van der Waals surface area contributed by atoms with Gasteiger partial charge in [0.2, 0.25) is 0 Å². The van der Waals surface area contributed by atoms with E-state index in [1.54, 1.807) is 0 Å². The first kappa shape index (κ1) is 16.9. The van der Waals surface area contributed by atoms with Crippen molar-refractivity contribution in [3.63, 3.8) is 0 Å². The number of benzene rings is 1. The maximum Gasteiger partial charge on any atom is 0.433 e. The third-order valence-electron chi connectivity index (χ3n) is 3.96. The molecule has 5 nitrogen and oxygen atoms in total. The summed E-state index contributed by atoms with van der Waals surface area (Å²) in [6, 6.07) is 9.16. The van der Waals surface area contributed by atoms with E-state index in [9.17, 15) is 22.8 Å². The number of aromatic nitrogens is 1. The van der Waals surface area contributed by atoms with E-state index < -0.39 is 23.7 Å². The molecular weight excluding hydrogens is 335 g/mol. The van der Waals surface area contributed by atoms with E-state index in [1.165, 1.54) is 0 Å². The van der Waals surface area contributed by atoms with Crippen molar-refractivity contribution in [1.29, 1.82) is 0 Å². The monoisotopic (exact) mass is 349 g/mol. The van der Waals surface area contributed by atoms with E-state index in [4.69, 9.17) is 0 Å². The molecule has 0 saturated carbocycles. The highest BCUT2D eigenvalue weighted by Crippen LogP contribution is 2.30. The molecule has 0 unspecified atom stereocenters. The zero-order valence-corrected chi connectivity index (χ0v) is 12.9. The van der Waals surface area contributed by atoms with Crippen molar-refractivity contribution < 1.29 is 22.8 Å². The number of nitrogens with zero attached hydrogens (tertiary/aromatic N) is 1. The fourth-order valence-corrected chi connectivity index (χ4v) is 2.75. The van der Waals surface area contributed by atoms with E-state index in [1.807, 2.05) is 24.3 Å². The maximum absolute atomic E-state index is 12.4. The van der Waals surface area contributed by atoms with Crippen LogP contribution in [0.25, 0.3) is 0 Å². The minimum absolute atomic E-state index is 0.0139. The van der Waals surface area contributed by atoms with Crippen LogP contribution in [0.1, 0.15) is 29.3 Å². The van der Waals surface area contributed by atoms with Gasteiger partial charge in [0.05, 0.1) is 17.9 Å². The number of rotatable bonds is 2. The highest BCUT2D eigenvalue weighted by Gasteiger charge is 2.32. The zero-order valence-electron chi connectivity index (χ0n) is 12.9. The van der Waals surface area contributed by atoms with Gasteiger partial charge in [0.15, 0.2) is 0 Å². The standard InChI is InChI=1S/C17H14F3N3O2/c18-17(19,20)14-8-6-11(9-21-14)22-15(24)16(25)23-13-7-5-10-3-1-2-4-12(10)13/h1-4,6,8-9,13H,5,7H2,(H,22,24)(H,23,25)/t13-/m0/s1. The van der Waals surface area contributed by atoms with Crippen molar-refractivity contribution >= 4 is 17.5 Å². The van der Waals surface area contributed by atoms with Crippen molar-refractivity contribution in [2.45, 2.75) is 25.1 Å². The van der Waals surface area contributed by atoms with E-state index in [0.29, 0.717) is 6.42 Å². The Balaban J connectivity index is 1.61. The van der Waals surface area contributed by atoms with Crippen molar-refractivity contribution in [2.75, 3.05) is 5.32 Å². The van der Waals surface area contributed by atoms with Gasteiger partial charge >= 0.3 is 18.0 Å². The number of pyridine rings is 1. The molecule has 3 rings (SSSR count). The molecule has 0 bridgehead atoms. The lowest BCUT2D eigenvalue weighted by Crippen LogP contribution is -2.37. The van der Waals surface area contributed by atoms with Crippen molar-refractivity contribution in [3.8, 4) is 0 Å². The number of halogens is 3. The highest BCUT2D eigenvalue weighted by molar-refractivity contribution is 6.39. The van der Waals surface area contributed by atoms with Gasteiger partial charge in [0, 0.05) is 0 Å². The van der Waals surface area contributed by atoms with Crippen molar-refractivity contribution in [2.24, 2.45) is 0 Å². The first-order valence-electron chi connectivity index (χ1n) is 7.57. The Labute approximate surface area is 141 Å². The normalized spacial score (nSPS) is 16.2. The van der Waals surface area contributed by atoms with Gasteiger partial charge in [-0.2, -0.15) is 13.2 Å². The van der Waals surface area contributed by atoms with Crippen LogP contribution in [0.2, 0.25) is 0 Å². The SMILES string of the molecule is O=C(Nc1ccc(C(F)(F)F)nc1)C(=O)N[C@H]1CCc2ccccc21. The Morgan fingerprint density at radius 2 is 1.84 bits per heavy atom. The number of hydrogen-bond donors (Lipinski definition) is 2. The molecule has 0 aliphatic heterocycles. The third kappa shape index (κ3) is 3.78. The first-order chi connectivity index (χ1) is 11.8. The maximum atomic E-state index is 12.4. The van der Waals surface area contributed by atoms with Crippen LogP contribution in [0, 0.1) is 0 Å². The summed E-state index contributed by atoms with van der Waals surface area (Å²) in [4.78, 5) is 27.2. The molecule has 1 heterocycles. The van der Waals surface area contributed by atoms with Gasteiger partial charge in [-0.05, 0) is 36.1 Å². The molecule has 25 heavy (non-hydrogen) atoms. The van der Waals surface area contributed by atoms with E-state index in [2.05, 4.69) is 15.6 Å². The predicted octanol–water partition coefficient (Wildman–Crippen LogP) is 2.84. The number of fused-ring (bicyclic) bond motifs is 1. The second-order valence-corrected chi connectivity index (χ2v) is 5.65. The Kier molecular flexibility index (Phi) is 4.43. The smallest absolute Gasteiger partial charge is 0.341 e. The van der Waals surface area contributed by atoms with Gasteiger partial charge < -0.3 is 10.6 Å². The van der Waals surface area contributed by atoms with Gasteiger partial charge in [0.1, 0.15) is 5.69 Å². The second-order valence-electron chi connectivity index (χ2n) is 5.65. The predicted molar refractivity (Wildman–Crippen MR) is 83.5 cm³/mol. The lowest BCUT2D eigenvalue weighted by molar-refractivity contribution is -0.141. The Hall–Kier alpha value is -2.90. The third-order valence-corrected chi connectivity index (χ3v) is 3.96. The van der Waals surface area contributed by atoms with Crippen LogP contribution in [-0.2, 0) is 22.2 Å². The summed E-state index contributed by atoms with van der Waals surface area (Å²) in [5.41, 5.74) is 1.04. The van der Waals surface area contributed by atoms with Crippen LogP contribution in [-0.4, -0.2) is 16.8 Å². The minimum Gasteiger partial charge on any atom is -0.341 e. The second kappa shape index (κ2) is 6.54. The molecule has 0 saturated heterocycles. The summed E-state index contributed by atoms with van der Waals surface area (Å²) < 4.78 is 37.3. The summed E-state index contributed by atoms with van der Waals surface area (Å²) >= 11 is 0. The highest BCUT2D eigenvalue weighted by atomic mass is 19.4. The topological polar surface area (TPSA) is 71.1 Å². The Bertz CT molecular complexity index is 804. The van der Waals surface area contributed by atoms with Gasteiger partial charge in [0.25, 0.3) is 0 Å². The molecule has 0 spiro atoms. The average molecular weight is 349 g/mol. The van der Waals surface area contributed by atoms with E-state index in [-0.39, 0.29) is 11.7 Å². The first-order valence-corrected chi connectivity index (χ1v) is 7.57. The van der Waals surface area contributed by atoms with Gasteiger partial charge in [-0.3, -0.25) is 9.59 Å². The van der Waals surface area contributed by atoms with Crippen molar-refractivity contribution in [3.05, 3.63) is 59.4 Å². The Morgan fingerprint density at radius 1 is 1.08 bits per heavy atom. The molecule has 2 aromatic rings. The molecule has 2 N–H and O–H groups in total.